The zero-order valence-electron chi connectivity index (χ0n) is 22.0. The number of nitrogens with zero attached hydrogens (tertiary/aromatic N) is 1. The zero-order chi connectivity index (χ0) is 27.2. The van der Waals surface area contributed by atoms with Crippen LogP contribution in [-0.4, -0.2) is 44.0 Å². The normalized spacial score (nSPS) is 11.8. The fourth-order valence-corrected chi connectivity index (χ4v) is 4.51. The lowest BCUT2D eigenvalue weighted by Gasteiger charge is -2.34. The van der Waals surface area contributed by atoms with E-state index in [1.165, 1.54) is 30.5 Å². The van der Waals surface area contributed by atoms with Crippen molar-refractivity contribution in [1.82, 2.24) is 10.6 Å². The van der Waals surface area contributed by atoms with E-state index < -0.39 is 17.5 Å². The second kappa shape index (κ2) is 11.9. The maximum absolute atomic E-state index is 13.8. The van der Waals surface area contributed by atoms with Gasteiger partial charge in [-0.25, -0.2) is 0 Å². The van der Waals surface area contributed by atoms with E-state index in [4.69, 9.17) is 9.47 Å². The Morgan fingerprint density at radius 2 is 1.68 bits per heavy atom. The van der Waals surface area contributed by atoms with Gasteiger partial charge in [0.2, 0.25) is 11.8 Å². The van der Waals surface area contributed by atoms with Crippen LogP contribution in [0.5, 0.6) is 11.5 Å². The number of rotatable bonds is 9. The lowest BCUT2D eigenvalue weighted by atomic mass is 9.99. The quantitative estimate of drug-likeness (QED) is 0.431. The maximum atomic E-state index is 13.8. The Labute approximate surface area is 221 Å². The molecule has 2 N–H and O–H groups in total. The number of aryl methyl sites for hydroxylation is 1. The van der Waals surface area contributed by atoms with E-state index >= 15 is 0 Å². The van der Waals surface area contributed by atoms with Crippen LogP contribution in [0.2, 0.25) is 0 Å². The standard InChI is InChI=1S/C28H33N3O5S/c1-18-10-7-8-11-20(18)31(24(32)17-29-26(33)23-12-9-15-37-23)25(27(34)30-28(2,3)4)19-13-14-21(35-5)22(16-19)36-6/h7-16,25H,17H2,1-6H3,(H,29,33)(H,30,34)/t25-/m0/s1. The van der Waals surface area contributed by atoms with Crippen LogP contribution >= 0.6 is 11.3 Å². The third kappa shape index (κ3) is 6.89. The van der Waals surface area contributed by atoms with Gasteiger partial charge in [0.05, 0.1) is 25.6 Å². The molecule has 1 aromatic heterocycles. The minimum atomic E-state index is -1.05. The molecule has 0 saturated carbocycles. The fraction of sp³-hybridized carbons (Fsp3) is 0.321. The smallest absolute Gasteiger partial charge is 0.261 e. The molecule has 196 valence electrons. The van der Waals surface area contributed by atoms with Gasteiger partial charge in [0.15, 0.2) is 11.5 Å². The van der Waals surface area contributed by atoms with Crippen molar-refractivity contribution < 1.29 is 23.9 Å². The van der Waals surface area contributed by atoms with Gasteiger partial charge in [0.25, 0.3) is 5.91 Å². The number of anilines is 1. The molecule has 0 radical (unpaired) electrons. The molecule has 2 aromatic carbocycles. The van der Waals surface area contributed by atoms with E-state index in [0.717, 1.165) is 5.56 Å². The highest BCUT2D eigenvalue weighted by atomic mass is 32.1. The summed E-state index contributed by atoms with van der Waals surface area (Å²) < 4.78 is 10.9. The Bertz CT molecular complexity index is 1250. The highest BCUT2D eigenvalue weighted by Gasteiger charge is 2.35. The summed E-state index contributed by atoms with van der Waals surface area (Å²) in [6.07, 6.45) is 0. The minimum Gasteiger partial charge on any atom is -0.493 e. The van der Waals surface area contributed by atoms with Crippen molar-refractivity contribution in [3.05, 3.63) is 76.0 Å². The molecule has 8 nitrogen and oxygen atoms in total. The van der Waals surface area contributed by atoms with Gasteiger partial charge in [0.1, 0.15) is 6.04 Å². The Kier molecular flexibility index (Phi) is 8.94. The molecule has 0 aliphatic rings. The van der Waals surface area contributed by atoms with Gasteiger partial charge >= 0.3 is 0 Å². The molecule has 0 unspecified atom stereocenters. The van der Waals surface area contributed by atoms with Gasteiger partial charge in [0, 0.05) is 11.2 Å². The molecule has 0 aliphatic carbocycles. The van der Waals surface area contributed by atoms with E-state index in [-0.39, 0.29) is 18.4 Å². The van der Waals surface area contributed by atoms with E-state index in [2.05, 4.69) is 10.6 Å². The summed E-state index contributed by atoms with van der Waals surface area (Å²) in [6, 6.07) is 14.8. The lowest BCUT2D eigenvalue weighted by molar-refractivity contribution is -0.127. The summed E-state index contributed by atoms with van der Waals surface area (Å²) in [7, 11) is 3.04. The average Bonchev–Trinajstić information content (AvgIpc) is 3.40. The third-order valence-corrected chi connectivity index (χ3v) is 6.39. The zero-order valence-corrected chi connectivity index (χ0v) is 22.8. The number of hydrogen-bond donors (Lipinski definition) is 2. The van der Waals surface area contributed by atoms with Crippen LogP contribution < -0.4 is 25.0 Å². The largest absolute Gasteiger partial charge is 0.493 e. The highest BCUT2D eigenvalue weighted by Crippen LogP contribution is 2.35. The Balaban J connectivity index is 2.10. The Morgan fingerprint density at radius 1 is 0.973 bits per heavy atom. The molecule has 0 saturated heterocycles. The van der Waals surface area contributed by atoms with Crippen LogP contribution in [-0.2, 0) is 9.59 Å². The molecule has 3 amide bonds. The van der Waals surface area contributed by atoms with E-state index in [1.807, 2.05) is 39.8 Å². The lowest BCUT2D eigenvalue weighted by Crippen LogP contribution is -2.51. The van der Waals surface area contributed by atoms with Crippen molar-refractivity contribution in [3.8, 4) is 11.5 Å². The molecular weight excluding hydrogens is 490 g/mol. The van der Waals surface area contributed by atoms with Gasteiger partial charge in [-0.05, 0) is 68.5 Å². The van der Waals surface area contributed by atoms with Crippen molar-refractivity contribution in [2.24, 2.45) is 0 Å². The van der Waals surface area contributed by atoms with Gasteiger partial charge < -0.3 is 20.1 Å². The monoisotopic (exact) mass is 523 g/mol. The second-order valence-electron chi connectivity index (χ2n) is 9.47. The molecular formula is C28H33N3O5S. The van der Waals surface area contributed by atoms with Crippen LogP contribution in [0, 0.1) is 6.92 Å². The van der Waals surface area contributed by atoms with Crippen LogP contribution in [0.1, 0.15) is 47.6 Å². The molecule has 3 aromatic rings. The summed E-state index contributed by atoms with van der Waals surface area (Å²) >= 11 is 1.29. The molecule has 1 heterocycles. The van der Waals surface area contributed by atoms with Crippen LogP contribution in [0.25, 0.3) is 0 Å². The number of ether oxygens (including phenoxy) is 2. The van der Waals surface area contributed by atoms with E-state index in [0.29, 0.717) is 27.6 Å². The number of thiophene rings is 1. The van der Waals surface area contributed by atoms with Gasteiger partial charge in [-0.2, -0.15) is 0 Å². The first-order valence-corrected chi connectivity index (χ1v) is 12.7. The first-order chi connectivity index (χ1) is 17.6. The number of benzene rings is 2. The number of methoxy groups -OCH3 is 2. The Hall–Kier alpha value is -3.85. The van der Waals surface area contributed by atoms with Crippen molar-refractivity contribution in [2.45, 2.75) is 39.3 Å². The van der Waals surface area contributed by atoms with Crippen molar-refractivity contribution in [1.29, 1.82) is 0 Å². The molecule has 3 rings (SSSR count). The van der Waals surface area contributed by atoms with E-state index in [1.54, 1.807) is 47.8 Å². The fourth-order valence-electron chi connectivity index (χ4n) is 3.87. The minimum absolute atomic E-state index is 0.294. The summed E-state index contributed by atoms with van der Waals surface area (Å²) in [4.78, 5) is 42.1. The van der Waals surface area contributed by atoms with E-state index in [9.17, 15) is 14.4 Å². The molecule has 37 heavy (non-hydrogen) atoms. The van der Waals surface area contributed by atoms with Crippen LogP contribution in [0.15, 0.2) is 60.0 Å². The molecule has 0 fully saturated rings. The predicted octanol–water partition coefficient (Wildman–Crippen LogP) is 4.49. The molecule has 0 spiro atoms. The summed E-state index contributed by atoms with van der Waals surface area (Å²) in [6.45, 7) is 7.19. The van der Waals surface area contributed by atoms with Gasteiger partial charge in [-0.3, -0.25) is 19.3 Å². The Morgan fingerprint density at radius 3 is 2.27 bits per heavy atom. The van der Waals surface area contributed by atoms with Crippen LogP contribution in [0.3, 0.4) is 0 Å². The van der Waals surface area contributed by atoms with Crippen molar-refractivity contribution in [3.63, 3.8) is 0 Å². The number of hydrogen-bond acceptors (Lipinski definition) is 6. The summed E-state index contributed by atoms with van der Waals surface area (Å²) in [5.74, 6) is -0.242. The molecule has 0 aliphatic heterocycles. The van der Waals surface area contributed by atoms with Crippen molar-refractivity contribution >= 4 is 34.7 Å². The molecule has 0 bridgehead atoms. The number of para-hydroxylation sites is 1. The predicted molar refractivity (Wildman–Crippen MR) is 145 cm³/mol. The topological polar surface area (TPSA) is 97.0 Å². The third-order valence-electron chi connectivity index (χ3n) is 5.52. The van der Waals surface area contributed by atoms with Gasteiger partial charge in [-0.15, -0.1) is 11.3 Å². The first-order valence-electron chi connectivity index (χ1n) is 11.8. The molecule has 1 atom stereocenters. The molecule has 9 heteroatoms. The number of carbonyl (C=O) groups is 3. The average molecular weight is 524 g/mol. The SMILES string of the molecule is COc1ccc([C@@H](C(=O)NC(C)(C)C)N(C(=O)CNC(=O)c2cccs2)c2ccccc2C)cc1OC. The first kappa shape index (κ1) is 27.7. The van der Waals surface area contributed by atoms with Gasteiger partial charge in [-0.1, -0.05) is 30.3 Å². The number of carbonyl (C=O) groups excluding carboxylic acids is 3. The number of amides is 3. The summed E-state index contributed by atoms with van der Waals surface area (Å²) in [5, 5.41) is 7.49. The van der Waals surface area contributed by atoms with Crippen molar-refractivity contribution in [2.75, 3.05) is 25.7 Å². The highest BCUT2D eigenvalue weighted by molar-refractivity contribution is 7.12. The van der Waals surface area contributed by atoms with Crippen LogP contribution in [0.4, 0.5) is 5.69 Å². The number of nitrogens with one attached hydrogen (secondary N) is 2. The second-order valence-corrected chi connectivity index (χ2v) is 10.4. The maximum Gasteiger partial charge on any atom is 0.261 e. The summed E-state index contributed by atoms with van der Waals surface area (Å²) in [5.41, 5.74) is 1.33.